The second kappa shape index (κ2) is 6.23. The van der Waals surface area contributed by atoms with E-state index in [1.807, 2.05) is 6.07 Å². The molecule has 1 unspecified atom stereocenters. The van der Waals surface area contributed by atoms with Crippen LogP contribution in [0.1, 0.15) is 18.7 Å². The molecule has 1 aromatic heterocycles. The Morgan fingerprint density at radius 1 is 1.47 bits per heavy atom. The SMILES string of the molecule is CC(C)N(Cc1cccs1)CC(O)CO. The summed E-state index contributed by atoms with van der Waals surface area (Å²) in [6, 6.07) is 4.49. The van der Waals surface area contributed by atoms with Crippen molar-refractivity contribution in [2.24, 2.45) is 0 Å². The lowest BCUT2D eigenvalue weighted by Gasteiger charge is -2.27. The number of hydrogen-bond acceptors (Lipinski definition) is 4. The monoisotopic (exact) mass is 229 g/mol. The highest BCUT2D eigenvalue weighted by Crippen LogP contribution is 2.14. The van der Waals surface area contributed by atoms with E-state index in [1.54, 1.807) is 11.3 Å². The molecule has 0 aliphatic carbocycles. The molecule has 0 fully saturated rings. The van der Waals surface area contributed by atoms with Gasteiger partial charge >= 0.3 is 0 Å². The van der Waals surface area contributed by atoms with Gasteiger partial charge in [0.25, 0.3) is 0 Å². The summed E-state index contributed by atoms with van der Waals surface area (Å²) in [5.41, 5.74) is 0. The molecule has 0 saturated heterocycles. The van der Waals surface area contributed by atoms with E-state index in [4.69, 9.17) is 5.11 Å². The number of nitrogens with zero attached hydrogens (tertiary/aromatic N) is 1. The van der Waals surface area contributed by atoms with Gasteiger partial charge in [-0.05, 0) is 25.3 Å². The third-order valence-corrected chi connectivity index (χ3v) is 3.19. The Balaban J connectivity index is 2.51. The summed E-state index contributed by atoms with van der Waals surface area (Å²) in [6.45, 7) is 5.38. The van der Waals surface area contributed by atoms with Crippen molar-refractivity contribution in [3.63, 3.8) is 0 Å². The lowest BCUT2D eigenvalue weighted by molar-refractivity contribution is 0.0468. The lowest BCUT2D eigenvalue weighted by atomic mass is 10.2. The Bertz CT molecular complexity index is 262. The van der Waals surface area contributed by atoms with Crippen molar-refractivity contribution in [3.05, 3.63) is 22.4 Å². The van der Waals surface area contributed by atoms with E-state index in [2.05, 4.69) is 30.2 Å². The van der Waals surface area contributed by atoms with Crippen molar-refractivity contribution in [2.75, 3.05) is 13.2 Å². The maximum atomic E-state index is 9.42. The summed E-state index contributed by atoms with van der Waals surface area (Å²) in [5.74, 6) is 0. The summed E-state index contributed by atoms with van der Waals surface area (Å²) in [4.78, 5) is 3.45. The number of rotatable bonds is 6. The van der Waals surface area contributed by atoms with E-state index in [1.165, 1.54) is 4.88 Å². The first-order valence-corrected chi connectivity index (χ1v) is 6.06. The van der Waals surface area contributed by atoms with Gasteiger partial charge in [-0.25, -0.2) is 0 Å². The highest BCUT2D eigenvalue weighted by molar-refractivity contribution is 7.09. The molecule has 1 atom stereocenters. The predicted molar refractivity (Wildman–Crippen MR) is 63.0 cm³/mol. The molecule has 0 aromatic carbocycles. The summed E-state index contributed by atoms with van der Waals surface area (Å²) in [7, 11) is 0. The quantitative estimate of drug-likeness (QED) is 0.773. The van der Waals surface area contributed by atoms with Crippen molar-refractivity contribution < 1.29 is 10.2 Å². The number of thiophene rings is 1. The van der Waals surface area contributed by atoms with E-state index >= 15 is 0 Å². The summed E-state index contributed by atoms with van der Waals surface area (Å²) in [5, 5.41) is 20.3. The Kier molecular flexibility index (Phi) is 5.25. The minimum absolute atomic E-state index is 0.173. The van der Waals surface area contributed by atoms with Crippen molar-refractivity contribution in [1.29, 1.82) is 0 Å². The molecule has 0 bridgehead atoms. The van der Waals surface area contributed by atoms with Crippen LogP contribution in [0.4, 0.5) is 0 Å². The van der Waals surface area contributed by atoms with Gasteiger partial charge in [-0.15, -0.1) is 11.3 Å². The Hall–Kier alpha value is -0.420. The van der Waals surface area contributed by atoms with Crippen LogP contribution in [0.15, 0.2) is 17.5 Å². The summed E-state index contributed by atoms with van der Waals surface area (Å²) in [6.07, 6.45) is -0.646. The Labute approximate surface area is 95.0 Å². The molecule has 0 amide bonds. The fraction of sp³-hybridized carbons (Fsp3) is 0.636. The fourth-order valence-electron chi connectivity index (χ4n) is 1.39. The van der Waals surface area contributed by atoms with Crippen molar-refractivity contribution in [2.45, 2.75) is 32.5 Å². The van der Waals surface area contributed by atoms with E-state index in [0.717, 1.165) is 6.54 Å². The number of aliphatic hydroxyl groups is 2. The molecule has 4 heteroatoms. The first-order chi connectivity index (χ1) is 7.13. The summed E-state index contributed by atoms with van der Waals surface area (Å²) >= 11 is 1.72. The van der Waals surface area contributed by atoms with Crippen LogP contribution in [0.5, 0.6) is 0 Å². The molecule has 3 nitrogen and oxygen atoms in total. The molecule has 2 N–H and O–H groups in total. The maximum Gasteiger partial charge on any atom is 0.0897 e. The van der Waals surface area contributed by atoms with E-state index in [0.29, 0.717) is 12.6 Å². The van der Waals surface area contributed by atoms with Crippen LogP contribution in [-0.2, 0) is 6.54 Å². The number of aliphatic hydroxyl groups excluding tert-OH is 2. The van der Waals surface area contributed by atoms with Crippen LogP contribution in [-0.4, -0.2) is 40.4 Å². The molecule has 86 valence electrons. The zero-order chi connectivity index (χ0) is 11.3. The average Bonchev–Trinajstić information content (AvgIpc) is 2.69. The van der Waals surface area contributed by atoms with Crippen LogP contribution in [0, 0.1) is 0 Å². The molecule has 0 aliphatic heterocycles. The zero-order valence-corrected chi connectivity index (χ0v) is 10.1. The van der Waals surface area contributed by atoms with Crippen LogP contribution >= 0.6 is 11.3 Å². The molecule has 0 aliphatic rings. The topological polar surface area (TPSA) is 43.7 Å². The summed E-state index contributed by atoms with van der Waals surface area (Å²) < 4.78 is 0. The van der Waals surface area contributed by atoms with Crippen molar-refractivity contribution in [3.8, 4) is 0 Å². The van der Waals surface area contributed by atoms with Gasteiger partial charge in [0.2, 0.25) is 0 Å². The Morgan fingerprint density at radius 3 is 2.67 bits per heavy atom. The van der Waals surface area contributed by atoms with Crippen LogP contribution in [0.3, 0.4) is 0 Å². The molecule has 0 spiro atoms. The number of hydrogen-bond donors (Lipinski definition) is 2. The normalized spacial score (nSPS) is 13.7. The predicted octanol–water partition coefficient (Wildman–Crippen LogP) is 1.31. The van der Waals surface area contributed by atoms with Gasteiger partial charge in [0.05, 0.1) is 12.7 Å². The van der Waals surface area contributed by atoms with Gasteiger partial charge in [-0.1, -0.05) is 6.07 Å². The molecule has 1 rings (SSSR count). The second-order valence-corrected chi connectivity index (χ2v) is 4.97. The van der Waals surface area contributed by atoms with Gasteiger partial charge in [0.15, 0.2) is 0 Å². The fourth-order valence-corrected chi connectivity index (χ4v) is 2.12. The van der Waals surface area contributed by atoms with Gasteiger partial charge in [-0.2, -0.15) is 0 Å². The van der Waals surface area contributed by atoms with Crippen LogP contribution in [0.25, 0.3) is 0 Å². The van der Waals surface area contributed by atoms with Crippen LogP contribution < -0.4 is 0 Å². The molecule has 1 aromatic rings. The van der Waals surface area contributed by atoms with Gasteiger partial charge < -0.3 is 10.2 Å². The standard InChI is InChI=1S/C11H19NO2S/c1-9(2)12(6-10(14)8-13)7-11-4-3-5-15-11/h3-5,9-10,13-14H,6-8H2,1-2H3. The minimum atomic E-state index is -0.646. The maximum absolute atomic E-state index is 9.42. The first-order valence-electron chi connectivity index (χ1n) is 5.18. The van der Waals surface area contributed by atoms with E-state index in [9.17, 15) is 5.11 Å². The third kappa shape index (κ3) is 4.30. The highest BCUT2D eigenvalue weighted by atomic mass is 32.1. The molecule has 15 heavy (non-hydrogen) atoms. The van der Waals surface area contributed by atoms with Crippen molar-refractivity contribution in [1.82, 2.24) is 4.90 Å². The van der Waals surface area contributed by atoms with Crippen molar-refractivity contribution >= 4 is 11.3 Å². The average molecular weight is 229 g/mol. The molecular formula is C11H19NO2S. The molecule has 0 radical (unpaired) electrons. The van der Waals surface area contributed by atoms with Gasteiger partial charge in [-0.3, -0.25) is 4.90 Å². The Morgan fingerprint density at radius 2 is 2.20 bits per heavy atom. The van der Waals surface area contributed by atoms with Crippen LogP contribution in [0.2, 0.25) is 0 Å². The largest absolute Gasteiger partial charge is 0.394 e. The third-order valence-electron chi connectivity index (χ3n) is 2.33. The lowest BCUT2D eigenvalue weighted by Crippen LogP contribution is -2.38. The minimum Gasteiger partial charge on any atom is -0.394 e. The molecular weight excluding hydrogens is 210 g/mol. The molecule has 0 saturated carbocycles. The van der Waals surface area contributed by atoms with E-state index in [-0.39, 0.29) is 6.61 Å². The van der Waals surface area contributed by atoms with Gasteiger partial charge in [0.1, 0.15) is 0 Å². The second-order valence-electron chi connectivity index (χ2n) is 3.94. The molecule has 1 heterocycles. The zero-order valence-electron chi connectivity index (χ0n) is 9.26. The van der Waals surface area contributed by atoms with Gasteiger partial charge in [0, 0.05) is 24.0 Å². The first kappa shape index (κ1) is 12.6. The highest BCUT2D eigenvalue weighted by Gasteiger charge is 2.14. The smallest absolute Gasteiger partial charge is 0.0897 e. The van der Waals surface area contributed by atoms with E-state index < -0.39 is 6.10 Å².